The minimum Gasteiger partial charge on any atom is -0.497 e. The molecule has 1 N–H and O–H groups in total. The minimum absolute atomic E-state index is 0.153. The molecule has 2 aliphatic heterocycles. The Labute approximate surface area is 160 Å². The topological polar surface area (TPSA) is 73.9 Å². The van der Waals surface area contributed by atoms with Crippen LogP contribution in [-0.4, -0.2) is 40.8 Å². The molecule has 3 aliphatic rings. The van der Waals surface area contributed by atoms with E-state index >= 15 is 0 Å². The molecular weight excluding hydrogens is 366 g/mol. The highest BCUT2D eigenvalue weighted by molar-refractivity contribution is 7.95. The van der Waals surface area contributed by atoms with Crippen molar-refractivity contribution in [2.24, 2.45) is 5.92 Å². The normalized spacial score (nSPS) is 29.7. The molecular formula is C20H25NO5S. The number of piperidine rings is 1. The Balaban J connectivity index is 1.69. The maximum absolute atomic E-state index is 13.2. The molecule has 146 valence electrons. The molecule has 6 nitrogen and oxygen atoms in total. The van der Waals surface area contributed by atoms with Crippen LogP contribution in [0.2, 0.25) is 0 Å². The summed E-state index contributed by atoms with van der Waals surface area (Å²) in [6, 6.07) is 4.91. The number of hydrogen-bond donors (Lipinski definition) is 1. The Morgan fingerprint density at radius 1 is 1.19 bits per heavy atom. The number of rotatable bonds is 4. The first-order valence-corrected chi connectivity index (χ1v) is 10.7. The molecule has 0 amide bonds. The van der Waals surface area contributed by atoms with Crippen molar-refractivity contribution in [1.29, 1.82) is 0 Å². The number of benzene rings is 1. The van der Waals surface area contributed by atoms with Crippen molar-refractivity contribution < 1.29 is 22.6 Å². The lowest BCUT2D eigenvalue weighted by atomic mass is 9.80. The van der Waals surface area contributed by atoms with Gasteiger partial charge in [-0.15, -0.1) is 0 Å². The number of allylic oxidation sites excluding steroid dienone is 2. The monoisotopic (exact) mass is 391 g/mol. The van der Waals surface area contributed by atoms with E-state index < -0.39 is 9.84 Å². The molecule has 27 heavy (non-hydrogen) atoms. The van der Waals surface area contributed by atoms with Crippen molar-refractivity contribution in [2.45, 2.75) is 42.7 Å². The average molecular weight is 391 g/mol. The summed E-state index contributed by atoms with van der Waals surface area (Å²) in [5.74, 6) is 1.84. The number of hydrogen-bond acceptors (Lipinski definition) is 6. The zero-order chi connectivity index (χ0) is 19.2. The predicted molar refractivity (Wildman–Crippen MR) is 102 cm³/mol. The molecule has 0 aromatic heterocycles. The van der Waals surface area contributed by atoms with E-state index in [1.165, 1.54) is 26.4 Å². The fourth-order valence-electron chi connectivity index (χ4n) is 4.35. The van der Waals surface area contributed by atoms with Gasteiger partial charge in [0, 0.05) is 12.0 Å². The fraction of sp³-hybridized carbons (Fsp3) is 0.500. The van der Waals surface area contributed by atoms with Gasteiger partial charge < -0.3 is 19.5 Å². The van der Waals surface area contributed by atoms with Crippen LogP contribution in [0.1, 0.15) is 26.2 Å². The van der Waals surface area contributed by atoms with E-state index in [0.29, 0.717) is 17.9 Å². The number of ether oxygens (including phenoxy) is 3. The van der Waals surface area contributed by atoms with Crippen molar-refractivity contribution in [3.05, 3.63) is 41.0 Å². The van der Waals surface area contributed by atoms with Crippen LogP contribution >= 0.6 is 0 Å². The van der Waals surface area contributed by atoms with Gasteiger partial charge in [0.1, 0.15) is 22.9 Å². The van der Waals surface area contributed by atoms with Gasteiger partial charge >= 0.3 is 0 Å². The fourth-order valence-corrected chi connectivity index (χ4v) is 5.75. The third-order valence-electron chi connectivity index (χ3n) is 5.79. The highest BCUT2D eigenvalue weighted by Gasteiger charge is 2.51. The first-order chi connectivity index (χ1) is 12.9. The summed E-state index contributed by atoms with van der Waals surface area (Å²) in [5, 5.41) is 3.56. The SMILES string of the molecule is COc1cc(OC)cc(S(=O)(=O)C2=CCC3C(=C2)OC2(C)CCCNC32)c1. The molecule has 0 bridgehead atoms. The molecule has 0 radical (unpaired) electrons. The summed E-state index contributed by atoms with van der Waals surface area (Å²) in [4.78, 5) is 0.423. The lowest BCUT2D eigenvalue weighted by Crippen LogP contribution is -2.52. The van der Waals surface area contributed by atoms with Crippen LogP contribution in [0.4, 0.5) is 0 Å². The van der Waals surface area contributed by atoms with E-state index in [2.05, 4.69) is 12.2 Å². The predicted octanol–water partition coefficient (Wildman–Crippen LogP) is 2.81. The van der Waals surface area contributed by atoms with Gasteiger partial charge in [0.05, 0.1) is 30.1 Å². The Hall–Kier alpha value is -1.99. The average Bonchev–Trinajstić information content (AvgIpc) is 2.98. The van der Waals surface area contributed by atoms with Crippen LogP contribution in [-0.2, 0) is 14.6 Å². The number of nitrogens with one attached hydrogen (secondary N) is 1. The molecule has 4 rings (SSSR count). The molecule has 0 spiro atoms. The first kappa shape index (κ1) is 18.4. The van der Waals surface area contributed by atoms with Crippen LogP contribution in [0.5, 0.6) is 11.5 Å². The second kappa shape index (κ2) is 6.56. The highest BCUT2D eigenvalue weighted by Crippen LogP contribution is 2.47. The third-order valence-corrected chi connectivity index (χ3v) is 7.56. The van der Waals surface area contributed by atoms with E-state index in [4.69, 9.17) is 14.2 Å². The maximum atomic E-state index is 13.2. The summed E-state index contributed by atoms with van der Waals surface area (Å²) in [6.45, 7) is 3.09. The molecule has 2 saturated heterocycles. The lowest BCUT2D eigenvalue weighted by molar-refractivity contribution is 0.0136. The summed E-state index contributed by atoms with van der Waals surface area (Å²) in [6.07, 6.45) is 6.19. The van der Waals surface area contributed by atoms with Crippen LogP contribution < -0.4 is 14.8 Å². The van der Waals surface area contributed by atoms with Crippen molar-refractivity contribution in [1.82, 2.24) is 5.32 Å². The van der Waals surface area contributed by atoms with Gasteiger partial charge in [-0.1, -0.05) is 6.08 Å². The molecule has 1 aromatic carbocycles. The van der Waals surface area contributed by atoms with Crippen molar-refractivity contribution in [2.75, 3.05) is 20.8 Å². The van der Waals surface area contributed by atoms with E-state index in [9.17, 15) is 8.42 Å². The van der Waals surface area contributed by atoms with Crippen molar-refractivity contribution in [3.63, 3.8) is 0 Å². The Kier molecular flexibility index (Phi) is 4.47. The molecule has 3 atom stereocenters. The molecule has 7 heteroatoms. The second-order valence-corrected chi connectivity index (χ2v) is 9.45. The van der Waals surface area contributed by atoms with Gasteiger partial charge in [0.15, 0.2) is 0 Å². The van der Waals surface area contributed by atoms with Crippen LogP contribution in [0.15, 0.2) is 45.9 Å². The van der Waals surface area contributed by atoms with Gasteiger partial charge in [0.2, 0.25) is 9.84 Å². The highest BCUT2D eigenvalue weighted by atomic mass is 32.2. The molecule has 3 unspecified atom stereocenters. The Morgan fingerprint density at radius 2 is 1.89 bits per heavy atom. The van der Waals surface area contributed by atoms with Crippen LogP contribution in [0, 0.1) is 5.92 Å². The Bertz CT molecular complexity index is 898. The van der Waals surface area contributed by atoms with E-state index in [0.717, 1.165) is 25.1 Å². The van der Waals surface area contributed by atoms with Gasteiger partial charge in [0.25, 0.3) is 0 Å². The Morgan fingerprint density at radius 3 is 2.56 bits per heavy atom. The maximum Gasteiger partial charge on any atom is 0.206 e. The molecule has 2 fully saturated rings. The largest absolute Gasteiger partial charge is 0.497 e. The van der Waals surface area contributed by atoms with Gasteiger partial charge in [-0.2, -0.15) is 0 Å². The minimum atomic E-state index is -3.69. The summed E-state index contributed by atoms with van der Waals surface area (Å²) in [7, 11) is -0.695. The summed E-state index contributed by atoms with van der Waals surface area (Å²) in [5.41, 5.74) is -0.263. The van der Waals surface area contributed by atoms with Crippen molar-refractivity contribution in [3.8, 4) is 11.5 Å². The van der Waals surface area contributed by atoms with Crippen molar-refractivity contribution >= 4 is 9.84 Å². The van der Waals surface area contributed by atoms with E-state index in [1.54, 1.807) is 18.2 Å². The molecule has 1 aromatic rings. The molecule has 2 heterocycles. The standard InChI is InChI=1S/C20H25NO5S/c1-20-7-4-8-21-19(20)17-6-5-15(12-18(17)26-20)27(22,23)16-10-13(24-2)9-14(11-16)25-3/h5,9-12,17,19,21H,4,6-8H2,1-3H3. The van der Waals surface area contributed by atoms with Gasteiger partial charge in [-0.05, 0) is 50.9 Å². The number of fused-ring (bicyclic) bond motifs is 3. The van der Waals surface area contributed by atoms with Crippen LogP contribution in [0.25, 0.3) is 0 Å². The molecule has 1 aliphatic carbocycles. The smallest absolute Gasteiger partial charge is 0.206 e. The lowest BCUT2D eigenvalue weighted by Gasteiger charge is -2.36. The third kappa shape index (κ3) is 3.02. The number of methoxy groups -OCH3 is 2. The zero-order valence-electron chi connectivity index (χ0n) is 15.8. The zero-order valence-corrected chi connectivity index (χ0v) is 16.6. The number of sulfone groups is 1. The van der Waals surface area contributed by atoms with Gasteiger partial charge in [-0.25, -0.2) is 8.42 Å². The van der Waals surface area contributed by atoms with Crippen LogP contribution in [0.3, 0.4) is 0 Å². The first-order valence-electron chi connectivity index (χ1n) is 9.20. The quantitative estimate of drug-likeness (QED) is 0.851. The van der Waals surface area contributed by atoms with Gasteiger partial charge in [-0.3, -0.25) is 0 Å². The van der Waals surface area contributed by atoms with E-state index in [1.807, 2.05) is 0 Å². The van der Waals surface area contributed by atoms with E-state index in [-0.39, 0.29) is 27.4 Å². The second-order valence-electron chi connectivity index (χ2n) is 7.50. The summed E-state index contributed by atoms with van der Waals surface area (Å²) < 4.78 is 43.1. The molecule has 0 saturated carbocycles. The summed E-state index contributed by atoms with van der Waals surface area (Å²) >= 11 is 0.